The van der Waals surface area contributed by atoms with Crippen LogP contribution in [0.1, 0.15) is 0 Å². The van der Waals surface area contributed by atoms with Crippen LogP contribution >= 0.6 is 0 Å². The Morgan fingerprint density at radius 2 is 1.84 bits per heavy atom. The van der Waals surface area contributed by atoms with Crippen molar-refractivity contribution in [2.45, 2.75) is 0 Å². The molecule has 0 bridgehead atoms. The minimum Gasteiger partial charge on any atom is -0.461 e. The maximum atomic E-state index is 5.47. The largest absolute Gasteiger partial charge is 0.461 e. The maximum absolute atomic E-state index is 5.47. The summed E-state index contributed by atoms with van der Waals surface area (Å²) in [6, 6.07) is 11.1. The van der Waals surface area contributed by atoms with Gasteiger partial charge in [0.2, 0.25) is 5.88 Å². The van der Waals surface area contributed by atoms with E-state index in [0.29, 0.717) is 17.5 Å². The molecule has 0 saturated carbocycles. The summed E-state index contributed by atoms with van der Waals surface area (Å²) in [4.78, 5) is 8.92. The van der Waals surface area contributed by atoms with Crippen LogP contribution in [-0.2, 0) is 0 Å². The van der Waals surface area contributed by atoms with Crippen molar-refractivity contribution in [2.24, 2.45) is 0 Å². The van der Waals surface area contributed by atoms with Gasteiger partial charge in [0.05, 0.1) is 12.5 Å². The van der Waals surface area contributed by atoms with Crippen molar-refractivity contribution in [3.63, 3.8) is 0 Å². The topological polar surface area (TPSA) is 57.0 Å². The van der Waals surface area contributed by atoms with Gasteiger partial charge in [0.15, 0.2) is 17.2 Å². The molecule has 19 heavy (non-hydrogen) atoms. The zero-order chi connectivity index (χ0) is 12.7. The van der Waals surface area contributed by atoms with Crippen LogP contribution in [0.2, 0.25) is 0 Å². The van der Waals surface area contributed by atoms with Crippen molar-refractivity contribution in [2.75, 3.05) is 0 Å². The second kappa shape index (κ2) is 3.84. The Hall–Kier alpha value is -2.82. The van der Waals surface area contributed by atoms with Crippen LogP contribution in [0.15, 0.2) is 64.0 Å². The van der Waals surface area contributed by atoms with Gasteiger partial charge >= 0.3 is 0 Å². The van der Waals surface area contributed by atoms with E-state index >= 15 is 0 Å². The van der Waals surface area contributed by atoms with Gasteiger partial charge in [-0.15, -0.1) is 0 Å². The average molecular weight is 251 g/mol. The monoisotopic (exact) mass is 251 g/mol. The summed E-state index contributed by atoms with van der Waals surface area (Å²) in [6.07, 6.45) is 4.97. The molecule has 0 atom stereocenters. The first-order chi connectivity index (χ1) is 9.43. The predicted octanol–water partition coefficient (Wildman–Crippen LogP) is 3.27. The number of fused-ring (bicyclic) bond motifs is 1. The Morgan fingerprint density at radius 1 is 0.947 bits per heavy atom. The average Bonchev–Trinajstić information content (AvgIpc) is 3.17. The Kier molecular flexibility index (Phi) is 2.05. The molecular weight excluding hydrogens is 242 g/mol. The van der Waals surface area contributed by atoms with Crippen LogP contribution in [0.4, 0.5) is 0 Å². The van der Waals surface area contributed by atoms with Gasteiger partial charge in [-0.2, -0.15) is 0 Å². The highest BCUT2D eigenvalue weighted by atomic mass is 16.3. The van der Waals surface area contributed by atoms with Crippen molar-refractivity contribution >= 4 is 11.2 Å². The van der Waals surface area contributed by atoms with Gasteiger partial charge in [-0.05, 0) is 30.3 Å². The molecular formula is C14H9N3O2. The molecule has 5 nitrogen and oxygen atoms in total. The van der Waals surface area contributed by atoms with Crippen LogP contribution in [0.5, 0.6) is 0 Å². The third-order valence-corrected chi connectivity index (χ3v) is 2.88. The van der Waals surface area contributed by atoms with Crippen LogP contribution in [0.3, 0.4) is 0 Å². The van der Waals surface area contributed by atoms with Crippen LogP contribution < -0.4 is 0 Å². The fourth-order valence-corrected chi connectivity index (χ4v) is 2.09. The molecule has 0 aliphatic heterocycles. The summed E-state index contributed by atoms with van der Waals surface area (Å²) < 4.78 is 12.7. The maximum Gasteiger partial charge on any atom is 0.206 e. The first-order valence-corrected chi connectivity index (χ1v) is 5.85. The SMILES string of the molecule is c1coc(-c2nc3cccnc3n2-c2ccco2)c1. The third kappa shape index (κ3) is 1.48. The number of rotatable bonds is 2. The standard InChI is InChI=1S/C14H9N3O2/c1-4-10-13(15-7-1)17(12-6-3-9-19-12)14(16-10)11-5-2-8-18-11/h1-9H. The summed E-state index contributed by atoms with van der Waals surface area (Å²) in [6.45, 7) is 0. The fraction of sp³-hybridized carbons (Fsp3) is 0. The van der Waals surface area contributed by atoms with Crippen molar-refractivity contribution in [3.05, 3.63) is 55.1 Å². The molecule has 0 aliphatic rings. The normalized spacial score (nSPS) is 11.2. The highest BCUT2D eigenvalue weighted by Crippen LogP contribution is 2.27. The third-order valence-electron chi connectivity index (χ3n) is 2.88. The molecule has 5 heteroatoms. The van der Waals surface area contributed by atoms with E-state index < -0.39 is 0 Å². The van der Waals surface area contributed by atoms with Gasteiger partial charge in [-0.3, -0.25) is 0 Å². The van der Waals surface area contributed by atoms with Crippen LogP contribution in [-0.4, -0.2) is 14.5 Å². The number of imidazole rings is 1. The molecule has 4 aromatic heterocycles. The number of furan rings is 2. The van der Waals surface area contributed by atoms with Gasteiger partial charge in [0, 0.05) is 12.3 Å². The molecule has 0 aromatic carbocycles. The van der Waals surface area contributed by atoms with E-state index in [2.05, 4.69) is 9.97 Å². The second-order valence-corrected chi connectivity index (χ2v) is 4.05. The van der Waals surface area contributed by atoms with Gasteiger partial charge in [0.1, 0.15) is 5.52 Å². The summed E-state index contributed by atoms with van der Waals surface area (Å²) >= 11 is 0. The van der Waals surface area contributed by atoms with E-state index in [-0.39, 0.29) is 0 Å². The van der Waals surface area contributed by atoms with Crippen molar-refractivity contribution in [1.29, 1.82) is 0 Å². The molecule has 4 aromatic rings. The second-order valence-electron chi connectivity index (χ2n) is 4.05. The van der Waals surface area contributed by atoms with Crippen molar-refractivity contribution in [3.8, 4) is 17.5 Å². The highest BCUT2D eigenvalue weighted by Gasteiger charge is 2.18. The van der Waals surface area contributed by atoms with Crippen LogP contribution in [0, 0.1) is 0 Å². The molecule has 0 aliphatic carbocycles. The summed E-state index contributed by atoms with van der Waals surface area (Å²) in [5.74, 6) is 2.01. The lowest BCUT2D eigenvalue weighted by molar-refractivity contribution is 0.535. The molecule has 0 spiro atoms. The Labute approximate surface area is 108 Å². The highest BCUT2D eigenvalue weighted by molar-refractivity contribution is 5.78. The lowest BCUT2D eigenvalue weighted by atomic mass is 10.4. The molecule has 0 fully saturated rings. The lowest BCUT2D eigenvalue weighted by Crippen LogP contribution is -1.96. The Morgan fingerprint density at radius 3 is 2.63 bits per heavy atom. The number of pyridine rings is 1. The molecule has 0 amide bonds. The zero-order valence-electron chi connectivity index (χ0n) is 9.85. The summed E-state index contributed by atoms with van der Waals surface area (Å²) in [5, 5.41) is 0. The molecule has 4 heterocycles. The molecule has 0 unspecified atom stereocenters. The number of hydrogen-bond acceptors (Lipinski definition) is 4. The van der Waals surface area contributed by atoms with E-state index in [0.717, 1.165) is 11.2 Å². The Bertz CT molecular complexity index is 814. The minimum atomic E-state index is 0.660. The molecule has 0 saturated heterocycles. The van der Waals surface area contributed by atoms with E-state index in [1.807, 2.05) is 41.0 Å². The van der Waals surface area contributed by atoms with Gasteiger partial charge < -0.3 is 8.83 Å². The van der Waals surface area contributed by atoms with Gasteiger partial charge in [-0.25, -0.2) is 14.5 Å². The van der Waals surface area contributed by atoms with E-state index in [9.17, 15) is 0 Å². The molecule has 4 rings (SSSR count). The predicted molar refractivity (Wildman–Crippen MR) is 68.8 cm³/mol. The van der Waals surface area contributed by atoms with E-state index in [1.165, 1.54) is 0 Å². The van der Waals surface area contributed by atoms with Gasteiger partial charge in [0.25, 0.3) is 0 Å². The molecule has 92 valence electrons. The van der Waals surface area contributed by atoms with E-state index in [4.69, 9.17) is 8.83 Å². The number of hydrogen-bond donors (Lipinski definition) is 0. The Balaban J connectivity index is 2.10. The minimum absolute atomic E-state index is 0.660. The summed E-state index contributed by atoms with van der Waals surface area (Å²) in [7, 11) is 0. The van der Waals surface area contributed by atoms with Crippen LogP contribution in [0.25, 0.3) is 28.6 Å². The number of aromatic nitrogens is 3. The number of nitrogens with zero attached hydrogens (tertiary/aromatic N) is 3. The van der Waals surface area contributed by atoms with Crippen molar-refractivity contribution < 1.29 is 8.83 Å². The smallest absolute Gasteiger partial charge is 0.206 e. The first-order valence-electron chi connectivity index (χ1n) is 5.85. The zero-order valence-corrected chi connectivity index (χ0v) is 9.85. The van der Waals surface area contributed by atoms with Gasteiger partial charge in [-0.1, -0.05) is 0 Å². The fourth-order valence-electron chi connectivity index (χ4n) is 2.09. The molecule has 0 N–H and O–H groups in total. The molecule has 0 radical (unpaired) electrons. The van der Waals surface area contributed by atoms with E-state index in [1.54, 1.807) is 18.7 Å². The lowest BCUT2D eigenvalue weighted by Gasteiger charge is -2.02. The first kappa shape index (κ1) is 10.1. The van der Waals surface area contributed by atoms with Crippen molar-refractivity contribution in [1.82, 2.24) is 14.5 Å². The quantitative estimate of drug-likeness (QED) is 0.548. The summed E-state index contributed by atoms with van der Waals surface area (Å²) in [5.41, 5.74) is 1.54.